The van der Waals surface area contributed by atoms with Crippen molar-refractivity contribution in [3.63, 3.8) is 0 Å². The fourth-order valence-electron chi connectivity index (χ4n) is 3.03. The number of aryl methyl sites for hydroxylation is 1. The van der Waals surface area contributed by atoms with Crippen LogP contribution in [-0.2, 0) is 17.8 Å². The molecule has 3 aromatic rings. The predicted molar refractivity (Wildman–Crippen MR) is 93.5 cm³/mol. The summed E-state index contributed by atoms with van der Waals surface area (Å²) in [5.41, 5.74) is 4.72. The molecule has 1 aliphatic rings. The van der Waals surface area contributed by atoms with Crippen molar-refractivity contribution in [2.24, 2.45) is 0 Å². The third-order valence-electron chi connectivity index (χ3n) is 4.40. The van der Waals surface area contributed by atoms with Crippen LogP contribution < -0.4 is 4.90 Å². The molecule has 2 aromatic heterocycles. The zero-order chi connectivity index (χ0) is 17.4. The maximum absolute atomic E-state index is 13.5. The first-order chi connectivity index (χ1) is 12.1. The Hall–Kier alpha value is -3.08. The van der Waals surface area contributed by atoms with E-state index < -0.39 is 0 Å². The number of fused-ring (bicyclic) bond motifs is 1. The van der Waals surface area contributed by atoms with E-state index in [0.29, 0.717) is 18.5 Å². The van der Waals surface area contributed by atoms with Gasteiger partial charge >= 0.3 is 0 Å². The number of pyridine rings is 2. The largest absolute Gasteiger partial charge is 0.304 e. The van der Waals surface area contributed by atoms with Gasteiger partial charge in [-0.2, -0.15) is 0 Å². The van der Waals surface area contributed by atoms with E-state index in [4.69, 9.17) is 0 Å². The van der Waals surface area contributed by atoms with E-state index in [9.17, 15) is 9.18 Å². The second kappa shape index (κ2) is 6.09. The number of carbonyl (C=O) groups is 1. The van der Waals surface area contributed by atoms with Gasteiger partial charge in [0.05, 0.1) is 30.0 Å². The highest BCUT2D eigenvalue weighted by atomic mass is 19.1. The Morgan fingerprint density at radius 1 is 1.12 bits per heavy atom. The highest BCUT2D eigenvalue weighted by Crippen LogP contribution is 2.33. The Kier molecular flexibility index (Phi) is 3.76. The van der Waals surface area contributed by atoms with E-state index >= 15 is 0 Å². The molecule has 5 heteroatoms. The van der Waals surface area contributed by atoms with Crippen LogP contribution in [0.1, 0.15) is 17.0 Å². The van der Waals surface area contributed by atoms with Crippen molar-refractivity contribution in [2.75, 3.05) is 4.90 Å². The summed E-state index contributed by atoms with van der Waals surface area (Å²) in [5, 5.41) is 0. The number of anilines is 1. The van der Waals surface area contributed by atoms with Gasteiger partial charge in [-0.1, -0.05) is 12.1 Å². The van der Waals surface area contributed by atoms with Crippen molar-refractivity contribution in [3.05, 3.63) is 77.6 Å². The van der Waals surface area contributed by atoms with E-state index in [-0.39, 0.29) is 11.7 Å². The van der Waals surface area contributed by atoms with Gasteiger partial charge in [0, 0.05) is 18.0 Å². The topological polar surface area (TPSA) is 46.1 Å². The van der Waals surface area contributed by atoms with Crippen molar-refractivity contribution in [3.8, 4) is 11.1 Å². The second-order valence-electron chi connectivity index (χ2n) is 6.13. The van der Waals surface area contributed by atoms with Gasteiger partial charge in [0.2, 0.25) is 5.91 Å². The minimum absolute atomic E-state index is 0.0144. The summed E-state index contributed by atoms with van der Waals surface area (Å²) >= 11 is 0. The number of amides is 1. The van der Waals surface area contributed by atoms with Gasteiger partial charge < -0.3 is 4.90 Å². The first kappa shape index (κ1) is 15.4. The van der Waals surface area contributed by atoms with Crippen LogP contribution in [0.25, 0.3) is 11.1 Å². The van der Waals surface area contributed by atoms with E-state index in [0.717, 1.165) is 28.2 Å². The van der Waals surface area contributed by atoms with Gasteiger partial charge in [-0.3, -0.25) is 14.8 Å². The molecule has 0 aliphatic carbocycles. The summed E-state index contributed by atoms with van der Waals surface area (Å²) in [6.07, 6.45) is 3.75. The predicted octanol–water partition coefficient (Wildman–Crippen LogP) is 3.68. The molecule has 0 saturated carbocycles. The molecule has 0 spiro atoms. The van der Waals surface area contributed by atoms with Crippen LogP contribution in [0.2, 0.25) is 0 Å². The SMILES string of the molecule is Cc1cc(-c2cnc3c(c2)N(Cc2ccccn2)C(=O)C3)ccc1F. The second-order valence-corrected chi connectivity index (χ2v) is 6.13. The average Bonchev–Trinajstić information content (AvgIpc) is 2.93. The smallest absolute Gasteiger partial charge is 0.233 e. The molecule has 4 nitrogen and oxygen atoms in total. The first-order valence-corrected chi connectivity index (χ1v) is 8.07. The lowest BCUT2D eigenvalue weighted by atomic mass is 10.0. The molecule has 0 atom stereocenters. The van der Waals surface area contributed by atoms with Crippen LogP contribution in [-0.4, -0.2) is 15.9 Å². The normalized spacial score (nSPS) is 13.2. The maximum atomic E-state index is 13.5. The van der Waals surface area contributed by atoms with Gasteiger partial charge in [0.1, 0.15) is 5.82 Å². The van der Waals surface area contributed by atoms with Crippen LogP contribution >= 0.6 is 0 Å². The van der Waals surface area contributed by atoms with Crippen LogP contribution in [0.15, 0.2) is 54.9 Å². The number of benzene rings is 1. The van der Waals surface area contributed by atoms with Crippen LogP contribution in [0.4, 0.5) is 10.1 Å². The number of carbonyl (C=O) groups excluding carboxylic acids is 1. The van der Waals surface area contributed by atoms with Crippen LogP contribution in [0, 0.1) is 12.7 Å². The first-order valence-electron chi connectivity index (χ1n) is 8.07. The summed E-state index contributed by atoms with van der Waals surface area (Å²) in [4.78, 5) is 22.9. The third-order valence-corrected chi connectivity index (χ3v) is 4.40. The minimum Gasteiger partial charge on any atom is -0.304 e. The number of nitrogens with zero attached hydrogens (tertiary/aromatic N) is 3. The molecule has 0 fully saturated rings. The third kappa shape index (κ3) is 2.89. The van der Waals surface area contributed by atoms with E-state index in [2.05, 4.69) is 9.97 Å². The van der Waals surface area contributed by atoms with Gasteiger partial charge in [-0.25, -0.2) is 4.39 Å². The number of hydrogen-bond acceptors (Lipinski definition) is 3. The van der Waals surface area contributed by atoms with E-state index in [1.54, 1.807) is 36.4 Å². The Morgan fingerprint density at radius 2 is 2.00 bits per heavy atom. The highest BCUT2D eigenvalue weighted by Gasteiger charge is 2.29. The number of rotatable bonds is 3. The maximum Gasteiger partial charge on any atom is 0.233 e. The molecule has 3 heterocycles. The summed E-state index contributed by atoms with van der Waals surface area (Å²) in [5.74, 6) is -0.217. The Balaban J connectivity index is 1.71. The number of aromatic nitrogens is 2. The summed E-state index contributed by atoms with van der Waals surface area (Å²) in [7, 11) is 0. The van der Waals surface area contributed by atoms with Gasteiger partial charge in [-0.05, 0) is 48.4 Å². The molecule has 124 valence electrons. The van der Waals surface area contributed by atoms with Crippen molar-refractivity contribution in [2.45, 2.75) is 19.9 Å². The lowest BCUT2D eigenvalue weighted by molar-refractivity contribution is -0.117. The molecule has 0 saturated heterocycles. The Morgan fingerprint density at radius 3 is 2.76 bits per heavy atom. The van der Waals surface area contributed by atoms with E-state index in [1.807, 2.05) is 24.3 Å². The zero-order valence-electron chi connectivity index (χ0n) is 13.7. The molecular weight excluding hydrogens is 317 g/mol. The molecule has 0 unspecified atom stereocenters. The molecule has 1 aliphatic heterocycles. The molecule has 0 bridgehead atoms. The molecule has 0 radical (unpaired) electrons. The standard InChI is InChI=1S/C20H16FN3O/c1-13-8-14(5-6-17(13)21)15-9-19-18(23-11-15)10-20(25)24(19)12-16-4-2-3-7-22-16/h2-9,11H,10,12H2,1H3. The fourth-order valence-corrected chi connectivity index (χ4v) is 3.03. The highest BCUT2D eigenvalue weighted by molar-refractivity contribution is 6.01. The van der Waals surface area contributed by atoms with Crippen LogP contribution in [0.3, 0.4) is 0 Å². The minimum atomic E-state index is -0.232. The Labute approximate surface area is 145 Å². The summed E-state index contributed by atoms with van der Waals surface area (Å²) in [6, 6.07) is 12.6. The van der Waals surface area contributed by atoms with Crippen LogP contribution in [0.5, 0.6) is 0 Å². The molecule has 0 N–H and O–H groups in total. The molecule has 1 amide bonds. The monoisotopic (exact) mass is 333 g/mol. The zero-order valence-corrected chi connectivity index (χ0v) is 13.7. The van der Waals surface area contributed by atoms with E-state index in [1.165, 1.54) is 6.07 Å². The molecule has 1 aromatic carbocycles. The number of hydrogen-bond donors (Lipinski definition) is 0. The van der Waals surface area contributed by atoms with Crippen molar-refractivity contribution in [1.82, 2.24) is 9.97 Å². The van der Waals surface area contributed by atoms with Crippen molar-refractivity contribution >= 4 is 11.6 Å². The number of halogens is 1. The average molecular weight is 333 g/mol. The summed E-state index contributed by atoms with van der Waals surface area (Å²) < 4.78 is 13.5. The van der Waals surface area contributed by atoms with Gasteiger partial charge in [0.15, 0.2) is 0 Å². The molecule has 4 rings (SSSR count). The Bertz CT molecular complexity index is 956. The van der Waals surface area contributed by atoms with Crippen molar-refractivity contribution in [1.29, 1.82) is 0 Å². The molecular formula is C20H16FN3O. The lowest BCUT2D eigenvalue weighted by Gasteiger charge is -2.17. The lowest BCUT2D eigenvalue weighted by Crippen LogP contribution is -2.26. The fraction of sp³-hybridized carbons (Fsp3) is 0.150. The summed E-state index contributed by atoms with van der Waals surface area (Å²) in [6.45, 7) is 2.15. The van der Waals surface area contributed by atoms with Gasteiger partial charge in [0.25, 0.3) is 0 Å². The molecule has 25 heavy (non-hydrogen) atoms. The quantitative estimate of drug-likeness (QED) is 0.734. The van der Waals surface area contributed by atoms with Crippen molar-refractivity contribution < 1.29 is 9.18 Å². The van der Waals surface area contributed by atoms with Gasteiger partial charge in [-0.15, -0.1) is 0 Å².